The highest BCUT2D eigenvalue weighted by Crippen LogP contribution is 2.30. The Labute approximate surface area is 86.2 Å². The van der Waals surface area contributed by atoms with Crippen molar-refractivity contribution in [1.29, 1.82) is 0 Å². The van der Waals surface area contributed by atoms with Gasteiger partial charge in [0.05, 0.1) is 28.4 Å². The van der Waals surface area contributed by atoms with Gasteiger partial charge in [0, 0.05) is 0 Å². The molecule has 0 aliphatic rings. The van der Waals surface area contributed by atoms with Crippen LogP contribution in [0.1, 0.15) is 11.6 Å². The topological polar surface area (TPSA) is 72.3 Å². The summed E-state index contributed by atoms with van der Waals surface area (Å²) in [5, 5.41) is 9.50. The zero-order valence-corrected chi connectivity index (χ0v) is 8.31. The van der Waals surface area contributed by atoms with E-state index in [4.69, 9.17) is 39.8 Å². The summed E-state index contributed by atoms with van der Waals surface area (Å²) < 4.78 is 0. The lowest BCUT2D eigenvalue weighted by atomic mass is 10.1. The van der Waals surface area contributed by atoms with Gasteiger partial charge in [-0.15, -0.1) is 0 Å². The Morgan fingerprint density at radius 1 is 1.31 bits per heavy atom. The van der Waals surface area contributed by atoms with Gasteiger partial charge in [-0.1, -0.05) is 23.2 Å². The van der Waals surface area contributed by atoms with Gasteiger partial charge in [-0.3, -0.25) is 0 Å². The maximum absolute atomic E-state index is 8.80. The van der Waals surface area contributed by atoms with Crippen molar-refractivity contribution in [3.05, 3.63) is 27.7 Å². The maximum atomic E-state index is 8.80. The average Bonchev–Trinajstić information content (AvgIpc) is 2.12. The third-order valence-corrected chi connectivity index (χ3v) is 2.35. The van der Waals surface area contributed by atoms with E-state index in [1.807, 2.05) is 0 Å². The van der Waals surface area contributed by atoms with Crippen molar-refractivity contribution >= 4 is 28.9 Å². The molecular formula is C8H10Cl2N2O. The first-order chi connectivity index (χ1) is 6.06. The SMILES string of the molecule is Nc1c(Cl)cc([C@H](N)CO)cc1Cl. The molecule has 0 saturated carbocycles. The fraction of sp³-hybridized carbons (Fsp3) is 0.250. The number of anilines is 1. The van der Waals surface area contributed by atoms with E-state index in [9.17, 15) is 0 Å². The van der Waals surface area contributed by atoms with Crippen LogP contribution < -0.4 is 11.5 Å². The monoisotopic (exact) mass is 220 g/mol. The normalized spacial score (nSPS) is 12.9. The Balaban J connectivity index is 3.13. The Kier molecular flexibility index (Phi) is 3.39. The van der Waals surface area contributed by atoms with E-state index >= 15 is 0 Å². The number of aliphatic hydroxyl groups is 1. The highest BCUT2D eigenvalue weighted by atomic mass is 35.5. The summed E-state index contributed by atoms with van der Waals surface area (Å²) in [4.78, 5) is 0. The largest absolute Gasteiger partial charge is 0.396 e. The quantitative estimate of drug-likeness (QED) is 0.663. The van der Waals surface area contributed by atoms with Crippen molar-refractivity contribution in [3.8, 4) is 0 Å². The third kappa shape index (κ3) is 2.25. The third-order valence-electron chi connectivity index (χ3n) is 1.73. The van der Waals surface area contributed by atoms with Crippen molar-refractivity contribution in [3.63, 3.8) is 0 Å². The fourth-order valence-electron chi connectivity index (χ4n) is 0.923. The van der Waals surface area contributed by atoms with Gasteiger partial charge in [-0.05, 0) is 17.7 Å². The smallest absolute Gasteiger partial charge is 0.0693 e. The molecule has 0 unspecified atom stereocenters. The van der Waals surface area contributed by atoms with E-state index in [1.54, 1.807) is 12.1 Å². The molecule has 0 radical (unpaired) electrons. The van der Waals surface area contributed by atoms with Crippen LogP contribution >= 0.6 is 23.2 Å². The first kappa shape index (κ1) is 10.6. The molecule has 0 amide bonds. The standard InChI is InChI=1S/C8H10Cl2N2O/c9-5-1-4(7(11)3-13)2-6(10)8(5)12/h1-2,7,13H,3,11-12H2/t7-/m1/s1. The maximum Gasteiger partial charge on any atom is 0.0693 e. The van der Waals surface area contributed by atoms with E-state index in [2.05, 4.69) is 0 Å². The van der Waals surface area contributed by atoms with Crippen molar-refractivity contribution in [2.45, 2.75) is 6.04 Å². The molecule has 72 valence electrons. The number of halogens is 2. The van der Waals surface area contributed by atoms with E-state index in [0.29, 0.717) is 21.3 Å². The van der Waals surface area contributed by atoms with Gasteiger partial charge in [-0.2, -0.15) is 0 Å². The van der Waals surface area contributed by atoms with Gasteiger partial charge in [0.25, 0.3) is 0 Å². The van der Waals surface area contributed by atoms with Crippen molar-refractivity contribution in [2.24, 2.45) is 5.73 Å². The lowest BCUT2D eigenvalue weighted by Crippen LogP contribution is -2.14. The van der Waals surface area contributed by atoms with E-state index in [-0.39, 0.29) is 6.61 Å². The van der Waals surface area contributed by atoms with Gasteiger partial charge in [0.15, 0.2) is 0 Å². The predicted octanol–water partition coefficient (Wildman–Crippen LogP) is 1.57. The number of rotatable bonds is 2. The Morgan fingerprint density at radius 2 is 1.77 bits per heavy atom. The molecule has 0 saturated heterocycles. The highest BCUT2D eigenvalue weighted by Gasteiger charge is 2.09. The molecule has 0 aliphatic carbocycles. The molecular weight excluding hydrogens is 211 g/mol. The van der Waals surface area contributed by atoms with Crippen LogP contribution in [0.25, 0.3) is 0 Å². The van der Waals surface area contributed by atoms with Gasteiger partial charge >= 0.3 is 0 Å². The zero-order valence-electron chi connectivity index (χ0n) is 6.80. The van der Waals surface area contributed by atoms with Crippen LogP contribution in [0.15, 0.2) is 12.1 Å². The first-order valence-electron chi connectivity index (χ1n) is 3.67. The predicted molar refractivity (Wildman–Crippen MR) is 54.9 cm³/mol. The molecule has 5 heteroatoms. The highest BCUT2D eigenvalue weighted by molar-refractivity contribution is 6.38. The Hall–Kier alpha value is -0.480. The fourth-order valence-corrected chi connectivity index (χ4v) is 1.43. The van der Waals surface area contributed by atoms with Gasteiger partial charge in [-0.25, -0.2) is 0 Å². The van der Waals surface area contributed by atoms with Crippen molar-refractivity contribution in [1.82, 2.24) is 0 Å². The summed E-state index contributed by atoms with van der Waals surface area (Å²) in [6.45, 7) is -0.156. The first-order valence-corrected chi connectivity index (χ1v) is 4.42. The van der Waals surface area contributed by atoms with Crippen LogP contribution in [0.3, 0.4) is 0 Å². The Morgan fingerprint density at radius 3 is 2.15 bits per heavy atom. The molecule has 3 nitrogen and oxygen atoms in total. The number of benzene rings is 1. The summed E-state index contributed by atoms with van der Waals surface area (Å²) in [6, 6.07) is 2.73. The lowest BCUT2D eigenvalue weighted by Gasteiger charge is -2.10. The minimum absolute atomic E-state index is 0.156. The Bertz CT molecular complexity index is 294. The van der Waals surface area contributed by atoms with Crippen LogP contribution in [0.4, 0.5) is 5.69 Å². The van der Waals surface area contributed by atoms with Gasteiger partial charge < -0.3 is 16.6 Å². The summed E-state index contributed by atoms with van der Waals surface area (Å²) in [6.07, 6.45) is 0. The minimum atomic E-state index is -0.476. The second kappa shape index (κ2) is 4.15. The second-order valence-corrected chi connectivity index (χ2v) is 3.50. The van der Waals surface area contributed by atoms with Gasteiger partial charge in [0.2, 0.25) is 0 Å². The molecule has 0 spiro atoms. The number of nitrogen functional groups attached to an aromatic ring is 1. The molecule has 1 atom stereocenters. The molecule has 0 heterocycles. The summed E-state index contributed by atoms with van der Waals surface area (Å²) >= 11 is 11.5. The number of aliphatic hydroxyl groups excluding tert-OH is 1. The van der Waals surface area contributed by atoms with Crippen LogP contribution in [0.5, 0.6) is 0 Å². The van der Waals surface area contributed by atoms with Gasteiger partial charge in [0.1, 0.15) is 0 Å². The molecule has 1 aromatic carbocycles. The number of hydrogen-bond acceptors (Lipinski definition) is 3. The number of hydrogen-bond donors (Lipinski definition) is 3. The molecule has 0 bridgehead atoms. The van der Waals surface area contributed by atoms with Crippen LogP contribution in [0.2, 0.25) is 10.0 Å². The summed E-state index contributed by atoms with van der Waals surface area (Å²) in [5.74, 6) is 0. The second-order valence-electron chi connectivity index (χ2n) is 2.69. The molecule has 0 aromatic heterocycles. The molecule has 5 N–H and O–H groups in total. The van der Waals surface area contributed by atoms with Crippen molar-refractivity contribution in [2.75, 3.05) is 12.3 Å². The minimum Gasteiger partial charge on any atom is -0.396 e. The van der Waals surface area contributed by atoms with E-state index in [1.165, 1.54) is 0 Å². The summed E-state index contributed by atoms with van der Waals surface area (Å²) in [7, 11) is 0. The molecule has 0 fully saturated rings. The van der Waals surface area contributed by atoms with Crippen molar-refractivity contribution < 1.29 is 5.11 Å². The lowest BCUT2D eigenvalue weighted by molar-refractivity contribution is 0.268. The van der Waals surface area contributed by atoms with Crippen LogP contribution in [-0.4, -0.2) is 11.7 Å². The summed E-state index contributed by atoms with van der Waals surface area (Å²) in [5.41, 5.74) is 12.1. The molecule has 1 rings (SSSR count). The van der Waals surface area contributed by atoms with Crippen LogP contribution in [-0.2, 0) is 0 Å². The average molecular weight is 221 g/mol. The molecule has 13 heavy (non-hydrogen) atoms. The molecule has 0 aliphatic heterocycles. The van der Waals surface area contributed by atoms with E-state index < -0.39 is 6.04 Å². The zero-order chi connectivity index (χ0) is 10.0. The number of nitrogens with two attached hydrogens (primary N) is 2. The van der Waals surface area contributed by atoms with E-state index in [0.717, 1.165) is 0 Å². The molecule has 1 aromatic rings. The van der Waals surface area contributed by atoms with Crippen LogP contribution in [0, 0.1) is 0 Å².